The number of benzene rings is 2. The molecule has 0 amide bonds. The fraction of sp³-hybridized carbons (Fsp3) is 0.548. The fourth-order valence-corrected chi connectivity index (χ4v) is 9.83. The van der Waals surface area contributed by atoms with Gasteiger partial charge in [-0.3, -0.25) is 14.4 Å². The molecule has 2 aromatic rings. The molecule has 0 saturated heterocycles. The van der Waals surface area contributed by atoms with E-state index in [1.807, 2.05) is 27.7 Å². The van der Waals surface area contributed by atoms with Crippen LogP contribution >= 0.6 is 0 Å². The number of rotatable bonds is 7. The number of fused-ring (bicyclic) bond motifs is 3. The van der Waals surface area contributed by atoms with Gasteiger partial charge in [0, 0.05) is 16.6 Å². The Hall–Kier alpha value is -3.11. The van der Waals surface area contributed by atoms with Gasteiger partial charge in [0.15, 0.2) is 17.3 Å². The molecule has 0 fully saturated rings. The third-order valence-corrected chi connectivity index (χ3v) is 12.2. The van der Waals surface area contributed by atoms with Gasteiger partial charge in [0.1, 0.15) is 0 Å². The van der Waals surface area contributed by atoms with Gasteiger partial charge in [-0.15, -0.1) is 0 Å². The summed E-state index contributed by atoms with van der Waals surface area (Å²) in [6.07, 6.45) is 2.54. The number of hydrogen-bond acceptors (Lipinski definition) is 4. The first kappa shape index (κ1) is 34.2. The summed E-state index contributed by atoms with van der Waals surface area (Å²) in [6.45, 7) is 24.7. The van der Waals surface area contributed by atoms with Gasteiger partial charge in [-0.1, -0.05) is 77.0 Å². The topological polar surface area (TPSA) is 71.4 Å². The lowest BCUT2D eigenvalue weighted by atomic mass is 9.42. The predicted molar refractivity (Wildman–Crippen MR) is 187 cm³/mol. The van der Waals surface area contributed by atoms with Crippen molar-refractivity contribution in [2.75, 3.05) is 0 Å². The Bertz CT molecular complexity index is 1730. The Balaban J connectivity index is 1.61. The molecule has 0 spiro atoms. The van der Waals surface area contributed by atoms with Crippen LogP contribution < -0.4 is 0 Å². The number of Topliss-reactive ketones (excluding diaryl/α,β-unsaturated/α-hetero) is 3. The molecule has 3 aliphatic rings. The summed E-state index contributed by atoms with van der Waals surface area (Å²) < 4.78 is 0. The van der Waals surface area contributed by atoms with Gasteiger partial charge >= 0.3 is 0 Å². The molecule has 0 bridgehead atoms. The highest BCUT2D eigenvalue weighted by molar-refractivity contribution is 6.24. The monoisotopic (exact) mass is 622 g/mol. The first-order valence-corrected chi connectivity index (χ1v) is 17.2. The molecule has 0 aromatic heterocycles. The molecule has 0 radical (unpaired) electrons. The SMILES string of the molecule is CC(=O)C1=C(C)CC2(C)CC3(C)Cc4c(C(C)C)cc(CC(O)Cc5ccc(C)c(C(C)C)c5)c(C)c4C(=O)C3=C(C)C2(C)C1=O. The normalized spacial score (nSPS) is 26.8. The van der Waals surface area contributed by atoms with Gasteiger partial charge in [0.05, 0.1) is 17.1 Å². The van der Waals surface area contributed by atoms with Crippen molar-refractivity contribution in [2.24, 2.45) is 16.2 Å². The average molecular weight is 623 g/mol. The van der Waals surface area contributed by atoms with E-state index in [1.54, 1.807) is 0 Å². The summed E-state index contributed by atoms with van der Waals surface area (Å²) in [5, 5.41) is 11.4. The Labute approximate surface area is 276 Å². The number of ketones is 3. The maximum atomic E-state index is 14.9. The lowest BCUT2D eigenvalue weighted by Crippen LogP contribution is -2.57. The zero-order valence-corrected chi connectivity index (χ0v) is 30.2. The molecular formula is C42H54O4. The lowest BCUT2D eigenvalue weighted by molar-refractivity contribution is -0.134. The second kappa shape index (κ2) is 11.5. The molecule has 0 aliphatic heterocycles. The standard InChI is InChI=1S/C42H54O4/c1-22(2)32-16-29(14-13-24(32)5)15-31(44)17-30-18-33(23(3)4)34-20-40(10)21-41(11)19-25(6)35(28(9)43)39(46)42(41,12)27(8)37(40)38(45)36(34)26(30)7/h13-14,16,18,22-23,31,44H,15,17,19-21H2,1-12H3. The second-order valence-electron chi connectivity index (χ2n) is 16.3. The summed E-state index contributed by atoms with van der Waals surface area (Å²) in [6, 6.07) is 8.73. The molecular weight excluding hydrogens is 568 g/mol. The number of hydrogen-bond donors (Lipinski definition) is 1. The van der Waals surface area contributed by atoms with Crippen LogP contribution in [0.15, 0.2) is 46.6 Å². The van der Waals surface area contributed by atoms with Gasteiger partial charge in [0.2, 0.25) is 0 Å². The molecule has 1 N–H and O–H groups in total. The van der Waals surface area contributed by atoms with Crippen LogP contribution in [-0.4, -0.2) is 28.6 Å². The van der Waals surface area contributed by atoms with E-state index in [0.29, 0.717) is 37.2 Å². The summed E-state index contributed by atoms with van der Waals surface area (Å²) in [5.74, 6) is 0.321. The molecule has 0 heterocycles. The van der Waals surface area contributed by atoms with Crippen LogP contribution in [-0.2, 0) is 28.9 Å². The maximum absolute atomic E-state index is 14.9. The molecule has 3 aliphatic carbocycles. The van der Waals surface area contributed by atoms with E-state index in [4.69, 9.17) is 0 Å². The zero-order valence-electron chi connectivity index (χ0n) is 30.2. The van der Waals surface area contributed by atoms with E-state index in [0.717, 1.165) is 51.0 Å². The zero-order chi connectivity index (χ0) is 34.3. The van der Waals surface area contributed by atoms with Crippen LogP contribution in [0, 0.1) is 30.1 Å². The Morgan fingerprint density at radius 3 is 2.11 bits per heavy atom. The molecule has 5 rings (SSSR count). The molecule has 4 unspecified atom stereocenters. The highest BCUT2D eigenvalue weighted by Crippen LogP contribution is 2.66. The molecule has 4 atom stereocenters. The van der Waals surface area contributed by atoms with Gasteiger partial charge in [0.25, 0.3) is 0 Å². The van der Waals surface area contributed by atoms with Crippen molar-refractivity contribution in [3.8, 4) is 0 Å². The molecule has 0 saturated carbocycles. The van der Waals surface area contributed by atoms with Gasteiger partial charge in [-0.2, -0.15) is 0 Å². The fourth-order valence-electron chi connectivity index (χ4n) is 9.83. The quantitative estimate of drug-likeness (QED) is 0.313. The summed E-state index contributed by atoms with van der Waals surface area (Å²) in [7, 11) is 0. The third-order valence-electron chi connectivity index (χ3n) is 12.2. The van der Waals surface area contributed by atoms with Gasteiger partial charge in [-0.05, 0) is 130 Å². The third kappa shape index (κ3) is 5.11. The van der Waals surface area contributed by atoms with Crippen LogP contribution in [0.4, 0.5) is 0 Å². The maximum Gasteiger partial charge on any atom is 0.190 e. The lowest BCUT2D eigenvalue weighted by Gasteiger charge is -2.59. The minimum absolute atomic E-state index is 0.0174. The predicted octanol–water partition coefficient (Wildman–Crippen LogP) is 9.05. The van der Waals surface area contributed by atoms with Crippen molar-refractivity contribution in [1.29, 1.82) is 0 Å². The highest BCUT2D eigenvalue weighted by Gasteiger charge is 2.63. The Morgan fingerprint density at radius 2 is 1.52 bits per heavy atom. The van der Waals surface area contributed by atoms with E-state index in [9.17, 15) is 19.5 Å². The van der Waals surface area contributed by atoms with E-state index < -0.39 is 22.3 Å². The van der Waals surface area contributed by atoms with E-state index in [1.165, 1.54) is 23.6 Å². The van der Waals surface area contributed by atoms with Crippen molar-refractivity contribution in [1.82, 2.24) is 0 Å². The molecule has 246 valence electrons. The number of carbonyl (C=O) groups excluding carboxylic acids is 3. The average Bonchev–Trinajstić information content (AvgIpc) is 2.92. The summed E-state index contributed by atoms with van der Waals surface area (Å²) >= 11 is 0. The van der Waals surface area contributed by atoms with Gasteiger partial charge in [-0.25, -0.2) is 0 Å². The van der Waals surface area contributed by atoms with Crippen molar-refractivity contribution < 1.29 is 19.5 Å². The minimum atomic E-state index is -0.930. The molecule has 4 heteroatoms. The first-order valence-electron chi connectivity index (χ1n) is 17.2. The van der Waals surface area contributed by atoms with Crippen molar-refractivity contribution in [3.05, 3.63) is 91.1 Å². The van der Waals surface area contributed by atoms with Crippen LogP contribution in [0.25, 0.3) is 0 Å². The second-order valence-corrected chi connectivity index (χ2v) is 16.3. The largest absolute Gasteiger partial charge is 0.392 e. The van der Waals surface area contributed by atoms with E-state index in [-0.39, 0.29) is 23.3 Å². The number of allylic oxidation sites excluding steroid dienone is 4. The minimum Gasteiger partial charge on any atom is -0.392 e. The van der Waals surface area contributed by atoms with Crippen molar-refractivity contribution in [2.45, 2.75) is 133 Å². The molecule has 2 aromatic carbocycles. The highest BCUT2D eigenvalue weighted by atomic mass is 16.3. The van der Waals surface area contributed by atoms with Crippen molar-refractivity contribution in [3.63, 3.8) is 0 Å². The number of aliphatic hydroxyl groups excluding tert-OH is 1. The van der Waals surface area contributed by atoms with E-state index in [2.05, 4.69) is 72.7 Å². The Kier molecular flexibility index (Phi) is 8.59. The number of carbonyl (C=O) groups is 3. The van der Waals surface area contributed by atoms with Crippen molar-refractivity contribution >= 4 is 17.3 Å². The van der Waals surface area contributed by atoms with Gasteiger partial charge < -0.3 is 5.11 Å². The Morgan fingerprint density at radius 1 is 0.891 bits per heavy atom. The number of aliphatic hydroxyl groups is 1. The smallest absolute Gasteiger partial charge is 0.190 e. The van der Waals surface area contributed by atoms with Crippen LogP contribution in [0.1, 0.15) is 143 Å². The first-order chi connectivity index (χ1) is 21.3. The molecule has 46 heavy (non-hydrogen) atoms. The number of aryl methyl sites for hydroxylation is 1. The van der Waals surface area contributed by atoms with E-state index >= 15 is 0 Å². The summed E-state index contributed by atoms with van der Waals surface area (Å²) in [4.78, 5) is 41.8. The van der Waals surface area contributed by atoms with Crippen LogP contribution in [0.3, 0.4) is 0 Å². The summed E-state index contributed by atoms with van der Waals surface area (Å²) in [5.41, 5.74) is 9.72. The van der Waals surface area contributed by atoms with Crippen LogP contribution in [0.2, 0.25) is 0 Å². The van der Waals surface area contributed by atoms with Crippen LogP contribution in [0.5, 0.6) is 0 Å². The molecule has 4 nitrogen and oxygen atoms in total.